The minimum absolute atomic E-state index is 0.0695. The molecule has 0 saturated heterocycles. The van der Waals surface area contributed by atoms with Gasteiger partial charge in [0.2, 0.25) is 0 Å². The molecule has 162 valence electrons. The van der Waals surface area contributed by atoms with E-state index in [1.165, 1.54) is 25.3 Å². The second kappa shape index (κ2) is 8.67. The fourth-order valence-electron chi connectivity index (χ4n) is 3.69. The lowest BCUT2D eigenvalue weighted by Gasteiger charge is -2.16. The SMILES string of the molecule is COc1ccccc1C1=C(Nc2ccc(C(C)C)cc2)C(=O)N(c2ccccc2F)C1=O. The Labute approximate surface area is 186 Å². The molecule has 0 atom stereocenters. The molecular weight excluding hydrogens is 407 g/mol. The fourth-order valence-corrected chi connectivity index (χ4v) is 3.69. The van der Waals surface area contributed by atoms with Gasteiger partial charge in [-0.15, -0.1) is 0 Å². The molecule has 32 heavy (non-hydrogen) atoms. The molecule has 0 aromatic heterocycles. The summed E-state index contributed by atoms with van der Waals surface area (Å²) in [5.74, 6) is -1.11. The largest absolute Gasteiger partial charge is 0.496 e. The molecule has 0 saturated carbocycles. The van der Waals surface area contributed by atoms with E-state index in [0.29, 0.717) is 22.9 Å². The molecule has 0 radical (unpaired) electrons. The average molecular weight is 430 g/mol. The number of imide groups is 1. The lowest BCUT2D eigenvalue weighted by atomic mass is 10.0. The first kappa shape index (κ1) is 21.3. The van der Waals surface area contributed by atoms with Crippen LogP contribution in [0, 0.1) is 5.82 Å². The number of benzene rings is 3. The average Bonchev–Trinajstić information content (AvgIpc) is 3.03. The van der Waals surface area contributed by atoms with E-state index in [1.807, 2.05) is 24.3 Å². The third-order valence-corrected chi connectivity index (χ3v) is 5.40. The molecule has 0 bridgehead atoms. The third kappa shape index (κ3) is 3.75. The van der Waals surface area contributed by atoms with Gasteiger partial charge in [-0.1, -0.05) is 56.3 Å². The number of carbonyl (C=O) groups is 2. The summed E-state index contributed by atoms with van der Waals surface area (Å²) >= 11 is 0. The predicted molar refractivity (Wildman–Crippen MR) is 123 cm³/mol. The van der Waals surface area contributed by atoms with Gasteiger partial charge in [0.25, 0.3) is 11.8 Å². The van der Waals surface area contributed by atoms with Crippen molar-refractivity contribution in [1.82, 2.24) is 0 Å². The predicted octanol–water partition coefficient (Wildman–Crippen LogP) is 5.35. The molecule has 1 aliphatic rings. The molecule has 3 aromatic carbocycles. The van der Waals surface area contributed by atoms with E-state index < -0.39 is 17.6 Å². The highest BCUT2D eigenvalue weighted by Crippen LogP contribution is 2.38. The quantitative estimate of drug-likeness (QED) is 0.536. The van der Waals surface area contributed by atoms with E-state index in [0.717, 1.165) is 10.5 Å². The van der Waals surface area contributed by atoms with Crippen molar-refractivity contribution in [3.63, 3.8) is 0 Å². The highest BCUT2D eigenvalue weighted by Gasteiger charge is 2.42. The van der Waals surface area contributed by atoms with Gasteiger partial charge in [0.05, 0.1) is 18.4 Å². The number of halogens is 1. The number of hydrogen-bond donors (Lipinski definition) is 1. The molecule has 1 N–H and O–H groups in total. The summed E-state index contributed by atoms with van der Waals surface area (Å²) in [5, 5.41) is 3.10. The van der Waals surface area contributed by atoms with Gasteiger partial charge in [0, 0.05) is 11.3 Å². The number of rotatable bonds is 6. The lowest BCUT2D eigenvalue weighted by molar-refractivity contribution is -0.120. The maximum atomic E-state index is 14.5. The minimum atomic E-state index is -0.656. The number of anilines is 2. The van der Waals surface area contributed by atoms with Gasteiger partial charge in [-0.2, -0.15) is 0 Å². The van der Waals surface area contributed by atoms with Crippen LogP contribution >= 0.6 is 0 Å². The van der Waals surface area contributed by atoms with E-state index in [-0.39, 0.29) is 17.0 Å². The zero-order chi connectivity index (χ0) is 22.8. The smallest absolute Gasteiger partial charge is 0.282 e. The minimum Gasteiger partial charge on any atom is -0.496 e. The number of ether oxygens (including phenoxy) is 1. The van der Waals surface area contributed by atoms with Gasteiger partial charge < -0.3 is 10.1 Å². The zero-order valence-electron chi connectivity index (χ0n) is 18.1. The second-order valence-electron chi connectivity index (χ2n) is 7.75. The van der Waals surface area contributed by atoms with Crippen LogP contribution in [-0.2, 0) is 9.59 Å². The number of para-hydroxylation sites is 2. The highest BCUT2D eigenvalue weighted by atomic mass is 19.1. The van der Waals surface area contributed by atoms with Gasteiger partial charge in [-0.3, -0.25) is 9.59 Å². The Morgan fingerprint density at radius 1 is 0.875 bits per heavy atom. The Balaban J connectivity index is 1.84. The van der Waals surface area contributed by atoms with Crippen molar-refractivity contribution in [2.45, 2.75) is 19.8 Å². The number of nitrogens with zero attached hydrogens (tertiary/aromatic N) is 1. The van der Waals surface area contributed by atoms with Crippen LogP contribution in [0.4, 0.5) is 15.8 Å². The molecule has 1 aliphatic heterocycles. The summed E-state index contributed by atoms with van der Waals surface area (Å²) < 4.78 is 20.0. The second-order valence-corrected chi connectivity index (χ2v) is 7.75. The number of amides is 2. The number of nitrogens with one attached hydrogen (secondary N) is 1. The Hall–Kier alpha value is -3.93. The Morgan fingerprint density at radius 2 is 1.53 bits per heavy atom. The van der Waals surface area contributed by atoms with Crippen molar-refractivity contribution in [3.05, 3.63) is 95.4 Å². The molecule has 6 heteroatoms. The van der Waals surface area contributed by atoms with Crippen molar-refractivity contribution in [2.24, 2.45) is 0 Å². The van der Waals surface area contributed by atoms with Gasteiger partial charge in [-0.25, -0.2) is 9.29 Å². The third-order valence-electron chi connectivity index (χ3n) is 5.40. The summed E-state index contributed by atoms with van der Waals surface area (Å²) in [6, 6.07) is 20.3. The van der Waals surface area contributed by atoms with E-state index in [2.05, 4.69) is 19.2 Å². The van der Waals surface area contributed by atoms with Crippen molar-refractivity contribution in [1.29, 1.82) is 0 Å². The fraction of sp³-hybridized carbons (Fsp3) is 0.154. The summed E-state index contributed by atoms with van der Waals surface area (Å²) in [6.07, 6.45) is 0. The van der Waals surface area contributed by atoms with Gasteiger partial charge >= 0.3 is 0 Å². The maximum Gasteiger partial charge on any atom is 0.282 e. The molecule has 5 nitrogen and oxygen atoms in total. The zero-order valence-corrected chi connectivity index (χ0v) is 18.1. The summed E-state index contributed by atoms with van der Waals surface area (Å²) in [6.45, 7) is 4.19. The van der Waals surface area contributed by atoms with Gasteiger partial charge in [-0.05, 0) is 41.8 Å². The van der Waals surface area contributed by atoms with Crippen molar-refractivity contribution in [2.75, 3.05) is 17.3 Å². The number of hydrogen-bond acceptors (Lipinski definition) is 4. The first-order valence-electron chi connectivity index (χ1n) is 10.3. The summed E-state index contributed by atoms with van der Waals surface area (Å²) in [4.78, 5) is 27.7. The standard InChI is InChI=1S/C26H23FN2O3/c1-16(2)17-12-14-18(15-13-17)28-24-23(19-8-4-7-11-22(19)32-3)25(30)29(26(24)31)21-10-6-5-9-20(21)27/h4-16,28H,1-3H3. The van der Waals surface area contributed by atoms with Crippen LogP contribution in [0.5, 0.6) is 5.75 Å². The van der Waals surface area contributed by atoms with Crippen LogP contribution in [0.3, 0.4) is 0 Å². The molecule has 0 fully saturated rings. The molecule has 0 aliphatic carbocycles. The summed E-state index contributed by atoms with van der Waals surface area (Å²) in [5.41, 5.74) is 2.35. The van der Waals surface area contributed by atoms with Crippen LogP contribution in [-0.4, -0.2) is 18.9 Å². The van der Waals surface area contributed by atoms with Crippen LogP contribution in [0.15, 0.2) is 78.5 Å². The molecule has 4 rings (SSSR count). The number of carbonyl (C=O) groups excluding carboxylic acids is 2. The molecule has 0 spiro atoms. The van der Waals surface area contributed by atoms with Gasteiger partial charge in [0.15, 0.2) is 0 Å². The topological polar surface area (TPSA) is 58.6 Å². The first-order chi connectivity index (χ1) is 15.4. The van der Waals surface area contributed by atoms with Crippen molar-refractivity contribution in [3.8, 4) is 5.75 Å². The monoisotopic (exact) mass is 430 g/mol. The Kier molecular flexibility index (Phi) is 5.77. The molecule has 3 aromatic rings. The molecular formula is C26H23FN2O3. The van der Waals surface area contributed by atoms with Crippen LogP contribution < -0.4 is 15.0 Å². The molecule has 1 heterocycles. The van der Waals surface area contributed by atoms with Crippen LogP contribution in [0.25, 0.3) is 5.57 Å². The van der Waals surface area contributed by atoms with E-state index in [1.54, 1.807) is 30.3 Å². The van der Waals surface area contributed by atoms with Crippen LogP contribution in [0.1, 0.15) is 30.9 Å². The van der Waals surface area contributed by atoms with E-state index in [9.17, 15) is 14.0 Å². The molecule has 0 unspecified atom stereocenters. The Bertz CT molecular complexity index is 1220. The molecule has 2 amide bonds. The maximum absolute atomic E-state index is 14.5. The van der Waals surface area contributed by atoms with Crippen LogP contribution in [0.2, 0.25) is 0 Å². The van der Waals surface area contributed by atoms with Crippen molar-refractivity contribution < 1.29 is 18.7 Å². The first-order valence-corrected chi connectivity index (χ1v) is 10.3. The Morgan fingerprint density at radius 3 is 2.19 bits per heavy atom. The number of methoxy groups -OCH3 is 1. The van der Waals surface area contributed by atoms with Crippen molar-refractivity contribution >= 4 is 28.8 Å². The van der Waals surface area contributed by atoms with E-state index in [4.69, 9.17) is 4.74 Å². The summed E-state index contributed by atoms with van der Waals surface area (Å²) in [7, 11) is 1.49. The van der Waals surface area contributed by atoms with E-state index >= 15 is 0 Å². The van der Waals surface area contributed by atoms with Gasteiger partial charge in [0.1, 0.15) is 17.3 Å². The highest BCUT2D eigenvalue weighted by molar-refractivity contribution is 6.46. The lowest BCUT2D eigenvalue weighted by Crippen LogP contribution is -2.33. The normalized spacial score (nSPS) is 13.8.